The van der Waals surface area contributed by atoms with Crippen LogP contribution in [0.1, 0.15) is 13.3 Å². The van der Waals surface area contributed by atoms with Crippen LogP contribution in [0.15, 0.2) is 0 Å². The molecule has 1 unspecified atom stereocenters. The molecule has 7 nitrogen and oxygen atoms in total. The smallest absolute Gasteiger partial charge is 0.329 e. The molecule has 1 rings (SSSR count). The fourth-order valence-corrected chi connectivity index (χ4v) is 1.54. The van der Waals surface area contributed by atoms with Crippen LogP contribution >= 0.6 is 0 Å². The molecule has 1 atom stereocenters. The molecular formula is C9H14N2O5. The van der Waals surface area contributed by atoms with Gasteiger partial charge in [0.25, 0.3) is 5.91 Å². The van der Waals surface area contributed by atoms with Gasteiger partial charge in [0.05, 0.1) is 6.54 Å². The first kappa shape index (κ1) is 12.4. The molecule has 2 N–H and O–H groups in total. The van der Waals surface area contributed by atoms with Crippen molar-refractivity contribution in [2.24, 2.45) is 0 Å². The van der Waals surface area contributed by atoms with E-state index in [9.17, 15) is 14.4 Å². The number of hydrogen-bond acceptors (Lipinski definition) is 4. The third kappa shape index (κ3) is 1.99. The summed E-state index contributed by atoms with van der Waals surface area (Å²) in [5.41, 5.74) is -1.56. The number of methoxy groups -OCH3 is 1. The van der Waals surface area contributed by atoms with E-state index in [4.69, 9.17) is 9.84 Å². The predicted octanol–water partition coefficient (Wildman–Crippen LogP) is -0.582. The van der Waals surface area contributed by atoms with Crippen molar-refractivity contribution in [3.05, 3.63) is 0 Å². The normalized spacial score (nSPS) is 19.5. The number of carbonyl (C=O) groups is 3. The number of urea groups is 1. The zero-order chi connectivity index (χ0) is 12.3. The minimum absolute atomic E-state index is 0.0536. The van der Waals surface area contributed by atoms with E-state index in [1.807, 2.05) is 0 Å². The van der Waals surface area contributed by atoms with Crippen LogP contribution in [0.3, 0.4) is 0 Å². The average Bonchev–Trinajstić information content (AvgIpc) is 2.55. The summed E-state index contributed by atoms with van der Waals surface area (Å²) in [4.78, 5) is 34.7. The number of nitrogens with zero attached hydrogens (tertiary/aromatic N) is 1. The Morgan fingerprint density at radius 2 is 2.25 bits per heavy atom. The van der Waals surface area contributed by atoms with Gasteiger partial charge in [-0.3, -0.25) is 4.79 Å². The third-order valence-electron chi connectivity index (χ3n) is 2.59. The lowest BCUT2D eigenvalue weighted by atomic mass is 9.96. The van der Waals surface area contributed by atoms with E-state index >= 15 is 0 Å². The van der Waals surface area contributed by atoms with Gasteiger partial charge >= 0.3 is 12.0 Å². The Hall–Kier alpha value is -1.63. The molecule has 0 aromatic heterocycles. The molecule has 90 valence electrons. The summed E-state index contributed by atoms with van der Waals surface area (Å²) < 4.78 is 4.78. The van der Waals surface area contributed by atoms with Gasteiger partial charge in [-0.05, 0) is 6.92 Å². The van der Waals surface area contributed by atoms with E-state index in [2.05, 4.69) is 5.32 Å². The van der Waals surface area contributed by atoms with Crippen LogP contribution in [0.5, 0.6) is 0 Å². The van der Waals surface area contributed by atoms with E-state index in [1.54, 1.807) is 0 Å². The number of carboxylic acid groups (broad SMARTS) is 1. The summed E-state index contributed by atoms with van der Waals surface area (Å²) in [6, 6.07) is -0.675. The molecule has 0 aromatic rings. The number of carbonyl (C=O) groups excluding carboxylic acids is 2. The monoisotopic (exact) mass is 230 g/mol. The first-order valence-electron chi connectivity index (χ1n) is 4.76. The number of nitrogens with one attached hydrogen (secondary N) is 1. The van der Waals surface area contributed by atoms with Crippen molar-refractivity contribution < 1.29 is 24.2 Å². The van der Waals surface area contributed by atoms with Gasteiger partial charge < -0.3 is 15.2 Å². The number of rotatable bonds is 5. The molecule has 1 heterocycles. The largest absolute Gasteiger partial charge is 0.479 e. The molecule has 1 aliphatic heterocycles. The summed E-state index contributed by atoms with van der Waals surface area (Å²) in [5.74, 6) is -1.76. The second-order valence-corrected chi connectivity index (χ2v) is 3.71. The lowest BCUT2D eigenvalue weighted by Gasteiger charge is -2.32. The van der Waals surface area contributed by atoms with Crippen LogP contribution in [0.2, 0.25) is 0 Å². The fourth-order valence-electron chi connectivity index (χ4n) is 1.54. The van der Waals surface area contributed by atoms with Crippen LogP contribution < -0.4 is 5.32 Å². The van der Waals surface area contributed by atoms with Crippen molar-refractivity contribution in [1.82, 2.24) is 10.2 Å². The number of aliphatic carboxylic acids is 1. The quantitative estimate of drug-likeness (QED) is 0.616. The number of imide groups is 1. The fraction of sp³-hybridized carbons (Fsp3) is 0.667. The molecule has 0 radical (unpaired) electrons. The molecule has 1 saturated heterocycles. The first-order chi connectivity index (χ1) is 7.43. The van der Waals surface area contributed by atoms with E-state index in [1.165, 1.54) is 14.0 Å². The number of ether oxygens (including phenoxy) is 1. The van der Waals surface area contributed by atoms with Crippen LogP contribution in [0, 0.1) is 0 Å². The standard InChI is InChI=1S/C9H14N2O5/c1-9(7(13)14,3-4-16-2)11-6(12)5-10-8(11)15/h3-5H2,1-2H3,(H,10,15)(H,13,14). The van der Waals surface area contributed by atoms with E-state index in [0.717, 1.165) is 4.90 Å². The van der Waals surface area contributed by atoms with Crippen LogP contribution in [-0.4, -0.2) is 53.7 Å². The summed E-state index contributed by atoms with van der Waals surface area (Å²) in [5, 5.41) is 11.4. The minimum atomic E-state index is -1.56. The van der Waals surface area contributed by atoms with Gasteiger partial charge in [-0.1, -0.05) is 0 Å². The highest BCUT2D eigenvalue weighted by molar-refractivity contribution is 6.06. The number of carboxylic acids is 1. The van der Waals surface area contributed by atoms with Gasteiger partial charge in [-0.15, -0.1) is 0 Å². The lowest BCUT2D eigenvalue weighted by Crippen LogP contribution is -2.56. The van der Waals surface area contributed by atoms with Crippen molar-refractivity contribution in [2.45, 2.75) is 18.9 Å². The van der Waals surface area contributed by atoms with Crippen LogP contribution in [0.4, 0.5) is 4.79 Å². The maximum atomic E-state index is 11.4. The molecule has 0 saturated carbocycles. The number of hydrogen-bond donors (Lipinski definition) is 2. The topological polar surface area (TPSA) is 95.9 Å². The molecule has 3 amide bonds. The highest BCUT2D eigenvalue weighted by Crippen LogP contribution is 2.22. The van der Waals surface area contributed by atoms with Crippen molar-refractivity contribution in [3.63, 3.8) is 0 Å². The Balaban J connectivity index is 2.96. The second kappa shape index (κ2) is 4.48. The number of amides is 3. The van der Waals surface area contributed by atoms with E-state index in [0.29, 0.717) is 0 Å². The third-order valence-corrected chi connectivity index (χ3v) is 2.59. The zero-order valence-electron chi connectivity index (χ0n) is 9.15. The molecule has 7 heteroatoms. The maximum absolute atomic E-state index is 11.4. The van der Waals surface area contributed by atoms with Crippen LogP contribution in [0.25, 0.3) is 0 Å². The second-order valence-electron chi connectivity index (χ2n) is 3.71. The summed E-state index contributed by atoms with van der Waals surface area (Å²) in [6.07, 6.45) is 0.0536. The molecule has 1 aliphatic rings. The maximum Gasteiger partial charge on any atom is 0.329 e. The van der Waals surface area contributed by atoms with Gasteiger partial charge in [-0.25, -0.2) is 14.5 Å². The van der Waals surface area contributed by atoms with Gasteiger partial charge in [0.2, 0.25) is 0 Å². The van der Waals surface area contributed by atoms with Crippen LogP contribution in [-0.2, 0) is 14.3 Å². The summed E-state index contributed by atoms with van der Waals surface area (Å²) in [6.45, 7) is 1.33. The molecular weight excluding hydrogens is 216 g/mol. The van der Waals surface area contributed by atoms with Gasteiger partial charge in [0.15, 0.2) is 0 Å². The molecule has 0 bridgehead atoms. The van der Waals surface area contributed by atoms with Crippen molar-refractivity contribution >= 4 is 17.9 Å². The summed E-state index contributed by atoms with van der Waals surface area (Å²) >= 11 is 0. The average molecular weight is 230 g/mol. The first-order valence-corrected chi connectivity index (χ1v) is 4.76. The van der Waals surface area contributed by atoms with Gasteiger partial charge in [0.1, 0.15) is 5.54 Å². The van der Waals surface area contributed by atoms with Crippen molar-refractivity contribution in [3.8, 4) is 0 Å². The van der Waals surface area contributed by atoms with E-state index < -0.39 is 23.4 Å². The van der Waals surface area contributed by atoms with Gasteiger partial charge in [0, 0.05) is 20.1 Å². The van der Waals surface area contributed by atoms with Gasteiger partial charge in [-0.2, -0.15) is 0 Å². The predicted molar refractivity (Wildman–Crippen MR) is 52.8 cm³/mol. The lowest BCUT2D eigenvalue weighted by molar-refractivity contribution is -0.154. The zero-order valence-corrected chi connectivity index (χ0v) is 9.15. The Morgan fingerprint density at radius 1 is 1.62 bits per heavy atom. The van der Waals surface area contributed by atoms with E-state index in [-0.39, 0.29) is 19.6 Å². The van der Waals surface area contributed by atoms with Crippen molar-refractivity contribution in [2.75, 3.05) is 20.3 Å². The minimum Gasteiger partial charge on any atom is -0.479 e. The Kier molecular flexibility index (Phi) is 3.48. The van der Waals surface area contributed by atoms with Crippen molar-refractivity contribution in [1.29, 1.82) is 0 Å². The molecule has 0 spiro atoms. The molecule has 0 aromatic carbocycles. The molecule has 0 aliphatic carbocycles. The highest BCUT2D eigenvalue weighted by atomic mass is 16.5. The Labute approximate surface area is 92.4 Å². The highest BCUT2D eigenvalue weighted by Gasteiger charge is 2.48. The SMILES string of the molecule is COCCC(C)(C(=O)O)N1C(=O)CNC1=O. The summed E-state index contributed by atoms with van der Waals surface area (Å²) in [7, 11) is 1.42. The molecule has 1 fully saturated rings. The molecule has 16 heavy (non-hydrogen) atoms. The Morgan fingerprint density at radius 3 is 2.62 bits per heavy atom. The Bertz CT molecular complexity index is 314.